The molecule has 0 fully saturated rings. The van der Waals surface area contributed by atoms with E-state index in [1.165, 1.54) is 0 Å². The number of rotatable bonds is 7. The molecule has 0 aliphatic heterocycles. The van der Waals surface area contributed by atoms with Gasteiger partial charge in [-0.05, 0) is 62.4 Å². The molecule has 0 radical (unpaired) electrons. The Morgan fingerprint density at radius 1 is 0.647 bits per heavy atom. The van der Waals surface area contributed by atoms with Crippen LogP contribution in [0.5, 0.6) is 0 Å². The maximum Gasteiger partial charge on any atom is 0.110 e. The van der Waals surface area contributed by atoms with Crippen LogP contribution in [0.15, 0.2) is 0 Å². The number of nitrogens with zero attached hydrogens (tertiary/aromatic N) is 2. The second-order valence-corrected chi connectivity index (χ2v) is 5.73. The lowest BCUT2D eigenvalue weighted by Crippen LogP contribution is -2.48. The highest BCUT2D eigenvalue weighted by molar-refractivity contribution is 4.70. The average molecular weight is 244 g/mol. The molecule has 0 saturated carbocycles. The molecule has 0 aromatic heterocycles. The lowest BCUT2D eigenvalue weighted by molar-refractivity contribution is -0.154. The highest BCUT2D eigenvalue weighted by atomic mass is 16.5. The summed E-state index contributed by atoms with van der Waals surface area (Å²) in [4.78, 5) is 4.64. The molecular formula is C14H32N2O. The fourth-order valence-electron chi connectivity index (χ4n) is 2.31. The summed E-state index contributed by atoms with van der Waals surface area (Å²) in [6.07, 6.45) is 0.288. The van der Waals surface area contributed by atoms with Crippen molar-refractivity contribution in [3.8, 4) is 0 Å². The van der Waals surface area contributed by atoms with Crippen molar-refractivity contribution in [2.75, 3.05) is 7.05 Å². The molecular weight excluding hydrogens is 212 g/mol. The largest absolute Gasteiger partial charge is 0.345 e. The lowest BCUT2D eigenvalue weighted by atomic mass is 10.2. The van der Waals surface area contributed by atoms with Crippen LogP contribution < -0.4 is 0 Å². The summed E-state index contributed by atoms with van der Waals surface area (Å²) >= 11 is 0. The second-order valence-electron chi connectivity index (χ2n) is 5.73. The van der Waals surface area contributed by atoms with Gasteiger partial charge < -0.3 is 4.74 Å². The standard InChI is InChI=1S/C14H32N2O/c1-10(2)15(9)13(7)17-14(8)16(11(3)4)12(5)6/h10-14H,1-9H3. The summed E-state index contributed by atoms with van der Waals surface area (Å²) in [6.45, 7) is 17.5. The van der Waals surface area contributed by atoms with Crippen LogP contribution >= 0.6 is 0 Å². The summed E-state index contributed by atoms with van der Waals surface area (Å²) in [6, 6.07) is 1.51. The normalized spacial score (nSPS) is 16.6. The Morgan fingerprint density at radius 3 is 1.35 bits per heavy atom. The maximum atomic E-state index is 6.11. The third-order valence-electron chi connectivity index (χ3n) is 3.39. The number of hydrogen-bond donors (Lipinski definition) is 0. The van der Waals surface area contributed by atoms with Gasteiger partial charge in [0.1, 0.15) is 12.5 Å². The molecule has 17 heavy (non-hydrogen) atoms. The Morgan fingerprint density at radius 2 is 1.06 bits per heavy atom. The zero-order valence-corrected chi connectivity index (χ0v) is 13.2. The zero-order chi connectivity index (χ0) is 13.7. The molecule has 0 N–H and O–H groups in total. The van der Waals surface area contributed by atoms with Crippen LogP contribution in [-0.2, 0) is 4.74 Å². The van der Waals surface area contributed by atoms with Gasteiger partial charge in [-0.15, -0.1) is 0 Å². The fraction of sp³-hybridized carbons (Fsp3) is 1.00. The summed E-state index contributed by atoms with van der Waals surface area (Å²) in [7, 11) is 2.11. The zero-order valence-electron chi connectivity index (χ0n) is 13.2. The Kier molecular flexibility index (Phi) is 7.29. The molecule has 0 aromatic rings. The Labute approximate surface area is 108 Å². The van der Waals surface area contributed by atoms with Gasteiger partial charge in [-0.1, -0.05) is 0 Å². The van der Waals surface area contributed by atoms with E-state index in [2.05, 4.69) is 72.2 Å². The molecule has 0 bridgehead atoms. The molecule has 0 saturated heterocycles. The fourth-order valence-corrected chi connectivity index (χ4v) is 2.31. The first-order chi connectivity index (χ1) is 7.68. The summed E-state index contributed by atoms with van der Waals surface area (Å²) in [5.74, 6) is 0. The minimum atomic E-state index is 0.144. The lowest BCUT2D eigenvalue weighted by Gasteiger charge is -2.39. The van der Waals surface area contributed by atoms with E-state index in [-0.39, 0.29) is 12.5 Å². The van der Waals surface area contributed by atoms with Gasteiger partial charge in [0.25, 0.3) is 0 Å². The SMILES string of the molecule is CC(C)N(C)C(C)OC(C)N(C(C)C)C(C)C. The van der Waals surface area contributed by atoms with Gasteiger partial charge in [0.05, 0.1) is 0 Å². The van der Waals surface area contributed by atoms with Crippen LogP contribution in [0, 0.1) is 0 Å². The Bertz CT molecular complexity index is 196. The molecule has 0 aromatic carbocycles. The third-order valence-corrected chi connectivity index (χ3v) is 3.39. The minimum absolute atomic E-state index is 0.144. The van der Waals surface area contributed by atoms with Gasteiger partial charge in [0.15, 0.2) is 0 Å². The van der Waals surface area contributed by atoms with Crippen molar-refractivity contribution in [2.24, 2.45) is 0 Å². The Balaban J connectivity index is 4.45. The van der Waals surface area contributed by atoms with Gasteiger partial charge in [-0.2, -0.15) is 0 Å². The average Bonchev–Trinajstić information content (AvgIpc) is 2.14. The van der Waals surface area contributed by atoms with Crippen molar-refractivity contribution in [3.05, 3.63) is 0 Å². The monoisotopic (exact) mass is 244 g/mol. The van der Waals surface area contributed by atoms with E-state index in [9.17, 15) is 0 Å². The van der Waals surface area contributed by atoms with Crippen molar-refractivity contribution >= 4 is 0 Å². The van der Waals surface area contributed by atoms with E-state index < -0.39 is 0 Å². The van der Waals surface area contributed by atoms with Gasteiger partial charge in [0.2, 0.25) is 0 Å². The number of hydrogen-bond acceptors (Lipinski definition) is 3. The van der Waals surface area contributed by atoms with Crippen molar-refractivity contribution in [2.45, 2.75) is 86.0 Å². The van der Waals surface area contributed by atoms with Crippen molar-refractivity contribution < 1.29 is 4.74 Å². The second kappa shape index (κ2) is 7.34. The number of ether oxygens (including phenoxy) is 1. The maximum absolute atomic E-state index is 6.11. The topological polar surface area (TPSA) is 15.7 Å². The Hall–Kier alpha value is -0.120. The van der Waals surface area contributed by atoms with Crippen molar-refractivity contribution in [3.63, 3.8) is 0 Å². The molecule has 2 atom stereocenters. The molecule has 0 aliphatic carbocycles. The van der Waals surface area contributed by atoms with E-state index in [1.807, 2.05) is 0 Å². The van der Waals surface area contributed by atoms with Crippen LogP contribution in [0.25, 0.3) is 0 Å². The first-order valence-electron chi connectivity index (χ1n) is 6.83. The van der Waals surface area contributed by atoms with Crippen LogP contribution in [0.4, 0.5) is 0 Å². The molecule has 0 amide bonds. The molecule has 104 valence electrons. The van der Waals surface area contributed by atoms with Gasteiger partial charge in [0, 0.05) is 18.1 Å². The summed E-state index contributed by atoms with van der Waals surface area (Å²) in [5.41, 5.74) is 0. The van der Waals surface area contributed by atoms with Gasteiger partial charge in [-0.25, -0.2) is 0 Å². The quantitative estimate of drug-likeness (QED) is 0.640. The van der Waals surface area contributed by atoms with E-state index in [0.29, 0.717) is 18.1 Å². The molecule has 2 unspecified atom stereocenters. The minimum Gasteiger partial charge on any atom is -0.345 e. The van der Waals surface area contributed by atoms with Crippen LogP contribution in [0.2, 0.25) is 0 Å². The van der Waals surface area contributed by atoms with E-state index >= 15 is 0 Å². The smallest absolute Gasteiger partial charge is 0.110 e. The summed E-state index contributed by atoms with van der Waals surface area (Å²) in [5, 5.41) is 0. The third kappa shape index (κ3) is 5.36. The molecule has 3 nitrogen and oxygen atoms in total. The molecule has 0 aliphatic rings. The van der Waals surface area contributed by atoms with Crippen LogP contribution in [0.3, 0.4) is 0 Å². The predicted octanol–water partition coefficient (Wildman–Crippen LogP) is 3.15. The van der Waals surface area contributed by atoms with Crippen LogP contribution in [-0.4, -0.2) is 47.4 Å². The first kappa shape index (κ1) is 16.9. The van der Waals surface area contributed by atoms with Gasteiger partial charge >= 0.3 is 0 Å². The first-order valence-corrected chi connectivity index (χ1v) is 6.83. The van der Waals surface area contributed by atoms with E-state index in [4.69, 9.17) is 4.74 Å². The highest BCUT2D eigenvalue weighted by Crippen LogP contribution is 2.15. The molecule has 0 heterocycles. The molecule has 0 spiro atoms. The highest BCUT2D eigenvalue weighted by Gasteiger charge is 2.24. The predicted molar refractivity (Wildman–Crippen MR) is 75.0 cm³/mol. The summed E-state index contributed by atoms with van der Waals surface area (Å²) < 4.78 is 6.11. The van der Waals surface area contributed by atoms with E-state index in [0.717, 1.165) is 0 Å². The molecule has 0 rings (SSSR count). The van der Waals surface area contributed by atoms with Gasteiger partial charge in [-0.3, -0.25) is 9.80 Å². The van der Waals surface area contributed by atoms with Crippen LogP contribution in [0.1, 0.15) is 55.4 Å². The van der Waals surface area contributed by atoms with Crippen molar-refractivity contribution in [1.82, 2.24) is 9.80 Å². The van der Waals surface area contributed by atoms with Crippen molar-refractivity contribution in [1.29, 1.82) is 0 Å². The molecule has 3 heteroatoms. The van der Waals surface area contributed by atoms with E-state index in [1.54, 1.807) is 0 Å².